The zero-order chi connectivity index (χ0) is 17.1. The normalized spacial score (nSPS) is 21.1. The first-order valence-electron chi connectivity index (χ1n) is 7.96. The van der Waals surface area contributed by atoms with Crippen molar-refractivity contribution in [2.24, 2.45) is 0 Å². The predicted octanol–water partition coefficient (Wildman–Crippen LogP) is 2.11. The van der Waals surface area contributed by atoms with Crippen LogP contribution >= 0.6 is 0 Å². The van der Waals surface area contributed by atoms with Gasteiger partial charge >= 0.3 is 0 Å². The Hall–Kier alpha value is -2.28. The highest BCUT2D eigenvalue weighted by molar-refractivity contribution is 5.76. The zero-order valence-electron chi connectivity index (χ0n) is 13.5. The predicted molar refractivity (Wildman–Crippen MR) is 85.1 cm³/mol. The molecule has 7 heteroatoms. The molecule has 3 rings (SSSR count). The summed E-state index contributed by atoms with van der Waals surface area (Å²) < 4.78 is 28.4. The van der Waals surface area contributed by atoms with Crippen LogP contribution in [-0.2, 0) is 11.3 Å². The summed E-state index contributed by atoms with van der Waals surface area (Å²) in [4.78, 5) is 14.2. The third-order valence-electron chi connectivity index (χ3n) is 4.41. The molecule has 1 aliphatic rings. The van der Waals surface area contributed by atoms with Crippen LogP contribution in [0.15, 0.2) is 36.7 Å². The molecule has 1 amide bonds. The molecule has 1 aliphatic heterocycles. The Bertz CT molecular complexity index is 705. The number of halogens is 2. The molecule has 0 spiro atoms. The van der Waals surface area contributed by atoms with Crippen molar-refractivity contribution in [1.82, 2.24) is 20.0 Å². The Morgan fingerprint density at radius 2 is 2.21 bits per heavy atom. The Labute approximate surface area is 139 Å². The van der Waals surface area contributed by atoms with Crippen molar-refractivity contribution in [2.45, 2.75) is 31.5 Å². The molecule has 0 radical (unpaired) electrons. The molecule has 0 bridgehead atoms. The number of rotatable bonds is 5. The summed E-state index contributed by atoms with van der Waals surface area (Å²) in [6, 6.07) is 5.45. The fraction of sp³-hybridized carbons (Fsp3) is 0.412. The third kappa shape index (κ3) is 3.62. The van der Waals surface area contributed by atoms with Gasteiger partial charge in [0.2, 0.25) is 5.91 Å². The monoisotopic (exact) mass is 334 g/mol. The van der Waals surface area contributed by atoms with E-state index >= 15 is 0 Å². The van der Waals surface area contributed by atoms with Crippen LogP contribution in [0.4, 0.5) is 8.78 Å². The molecule has 5 nitrogen and oxygen atoms in total. The maximum Gasteiger partial charge on any atom is 0.222 e. The van der Waals surface area contributed by atoms with E-state index in [-0.39, 0.29) is 18.0 Å². The number of benzene rings is 1. The van der Waals surface area contributed by atoms with Gasteiger partial charge in [-0.05, 0) is 37.2 Å². The van der Waals surface area contributed by atoms with E-state index in [0.29, 0.717) is 18.5 Å². The van der Waals surface area contributed by atoms with Crippen molar-refractivity contribution in [2.75, 3.05) is 13.6 Å². The number of nitrogens with zero attached hydrogens (tertiary/aromatic N) is 3. The second-order valence-corrected chi connectivity index (χ2v) is 6.08. The molecule has 0 saturated carbocycles. The van der Waals surface area contributed by atoms with Gasteiger partial charge in [-0.3, -0.25) is 14.4 Å². The molecule has 1 aromatic carbocycles. The summed E-state index contributed by atoms with van der Waals surface area (Å²) in [5.41, 5.74) is 0.672. The number of amides is 1. The maximum atomic E-state index is 13.5. The van der Waals surface area contributed by atoms with E-state index in [1.54, 1.807) is 23.1 Å². The topological polar surface area (TPSA) is 50.2 Å². The zero-order valence-corrected chi connectivity index (χ0v) is 13.5. The standard InChI is InChI=1S/C17H20F2N4O/c1-22-9-5-15(17(22)12-3-4-13(18)14(19)11-12)21-16(24)6-10-23-8-2-7-20-23/h2-4,7-8,11,15,17H,5-6,9-10H2,1H3,(H,21,24). The van der Waals surface area contributed by atoms with E-state index in [2.05, 4.69) is 10.4 Å². The molecule has 1 fully saturated rings. The average Bonchev–Trinajstić information content (AvgIpc) is 3.18. The molecule has 128 valence electrons. The Kier molecular flexibility index (Phi) is 4.89. The number of carbonyl (C=O) groups is 1. The van der Waals surface area contributed by atoms with Crippen LogP contribution in [0.3, 0.4) is 0 Å². The lowest BCUT2D eigenvalue weighted by Crippen LogP contribution is -2.39. The van der Waals surface area contributed by atoms with E-state index in [4.69, 9.17) is 0 Å². The first-order valence-corrected chi connectivity index (χ1v) is 7.96. The van der Waals surface area contributed by atoms with Gasteiger partial charge in [0.15, 0.2) is 11.6 Å². The van der Waals surface area contributed by atoms with E-state index in [9.17, 15) is 13.6 Å². The molecule has 0 aliphatic carbocycles. The number of hydrogen-bond donors (Lipinski definition) is 1. The molecule has 1 N–H and O–H groups in total. The van der Waals surface area contributed by atoms with E-state index in [0.717, 1.165) is 19.0 Å². The minimum Gasteiger partial charge on any atom is -0.351 e. The summed E-state index contributed by atoms with van der Waals surface area (Å²) in [5, 5.41) is 7.08. The molecular weight excluding hydrogens is 314 g/mol. The lowest BCUT2D eigenvalue weighted by Gasteiger charge is -2.26. The van der Waals surface area contributed by atoms with Crippen LogP contribution in [0.25, 0.3) is 0 Å². The third-order valence-corrected chi connectivity index (χ3v) is 4.41. The van der Waals surface area contributed by atoms with Gasteiger partial charge in [0, 0.05) is 37.9 Å². The summed E-state index contributed by atoms with van der Waals surface area (Å²) in [7, 11) is 1.92. The van der Waals surface area contributed by atoms with Crippen LogP contribution in [-0.4, -0.2) is 40.2 Å². The Morgan fingerprint density at radius 1 is 1.38 bits per heavy atom. The van der Waals surface area contributed by atoms with Crippen molar-refractivity contribution < 1.29 is 13.6 Å². The quantitative estimate of drug-likeness (QED) is 0.911. The van der Waals surface area contributed by atoms with Crippen LogP contribution in [0.2, 0.25) is 0 Å². The number of aromatic nitrogens is 2. The molecule has 2 heterocycles. The highest BCUT2D eigenvalue weighted by Gasteiger charge is 2.34. The Morgan fingerprint density at radius 3 is 2.92 bits per heavy atom. The van der Waals surface area contributed by atoms with Crippen LogP contribution in [0.1, 0.15) is 24.4 Å². The van der Waals surface area contributed by atoms with E-state index in [1.807, 2.05) is 18.0 Å². The smallest absolute Gasteiger partial charge is 0.222 e. The van der Waals surface area contributed by atoms with Gasteiger partial charge in [0.1, 0.15) is 0 Å². The lowest BCUT2D eigenvalue weighted by molar-refractivity contribution is -0.122. The van der Waals surface area contributed by atoms with Gasteiger partial charge in [-0.25, -0.2) is 8.78 Å². The van der Waals surface area contributed by atoms with Gasteiger partial charge in [0.25, 0.3) is 0 Å². The lowest BCUT2D eigenvalue weighted by atomic mass is 9.99. The highest BCUT2D eigenvalue weighted by atomic mass is 19.2. The van der Waals surface area contributed by atoms with Crippen molar-refractivity contribution >= 4 is 5.91 Å². The summed E-state index contributed by atoms with van der Waals surface area (Å²) >= 11 is 0. The van der Waals surface area contributed by atoms with E-state index < -0.39 is 11.6 Å². The minimum atomic E-state index is -0.864. The van der Waals surface area contributed by atoms with Crippen LogP contribution in [0.5, 0.6) is 0 Å². The molecule has 1 aromatic heterocycles. The van der Waals surface area contributed by atoms with Crippen molar-refractivity contribution in [1.29, 1.82) is 0 Å². The van der Waals surface area contributed by atoms with Gasteiger partial charge in [-0.1, -0.05) is 6.07 Å². The molecule has 24 heavy (non-hydrogen) atoms. The second kappa shape index (κ2) is 7.09. The number of hydrogen-bond acceptors (Lipinski definition) is 3. The first-order chi connectivity index (χ1) is 11.5. The number of aryl methyl sites for hydroxylation is 1. The number of likely N-dealkylation sites (N-methyl/N-ethyl adjacent to an activating group) is 1. The second-order valence-electron chi connectivity index (χ2n) is 6.08. The largest absolute Gasteiger partial charge is 0.351 e. The van der Waals surface area contributed by atoms with Gasteiger partial charge < -0.3 is 5.32 Å². The Balaban J connectivity index is 1.65. The first kappa shape index (κ1) is 16.6. The van der Waals surface area contributed by atoms with Gasteiger partial charge in [-0.2, -0.15) is 5.10 Å². The molecule has 2 aromatic rings. The van der Waals surface area contributed by atoms with Gasteiger partial charge in [-0.15, -0.1) is 0 Å². The fourth-order valence-corrected chi connectivity index (χ4v) is 3.21. The average molecular weight is 334 g/mol. The van der Waals surface area contributed by atoms with Crippen molar-refractivity contribution in [3.63, 3.8) is 0 Å². The summed E-state index contributed by atoms with van der Waals surface area (Å²) in [5.74, 6) is -1.80. The molecule has 2 unspecified atom stereocenters. The van der Waals surface area contributed by atoms with Crippen LogP contribution in [0, 0.1) is 11.6 Å². The SMILES string of the molecule is CN1CCC(NC(=O)CCn2cccn2)C1c1ccc(F)c(F)c1. The maximum absolute atomic E-state index is 13.5. The molecular formula is C17H20F2N4O. The van der Waals surface area contributed by atoms with Crippen LogP contribution < -0.4 is 5.32 Å². The summed E-state index contributed by atoms with van der Waals surface area (Å²) in [6.07, 6.45) is 4.57. The number of nitrogens with one attached hydrogen (secondary N) is 1. The minimum absolute atomic E-state index is 0.0709. The molecule has 1 saturated heterocycles. The highest BCUT2D eigenvalue weighted by Crippen LogP contribution is 2.31. The van der Waals surface area contributed by atoms with Crippen molar-refractivity contribution in [3.05, 3.63) is 53.9 Å². The molecule has 2 atom stereocenters. The number of likely N-dealkylation sites (tertiary alicyclic amines) is 1. The van der Waals surface area contributed by atoms with Gasteiger partial charge in [0.05, 0.1) is 6.04 Å². The van der Waals surface area contributed by atoms with E-state index in [1.165, 1.54) is 6.07 Å². The van der Waals surface area contributed by atoms with Crippen molar-refractivity contribution in [3.8, 4) is 0 Å². The fourth-order valence-electron chi connectivity index (χ4n) is 3.21. The number of carbonyl (C=O) groups excluding carboxylic acids is 1. The summed E-state index contributed by atoms with van der Waals surface area (Å²) in [6.45, 7) is 1.30.